The first-order valence-corrected chi connectivity index (χ1v) is 10.9. The lowest BCUT2D eigenvalue weighted by molar-refractivity contribution is -0.116. The number of hydrogen-bond donors (Lipinski definition) is 1. The van der Waals surface area contributed by atoms with E-state index in [0.29, 0.717) is 15.4 Å². The monoisotopic (exact) mass is 405 g/mol. The van der Waals surface area contributed by atoms with E-state index in [0.717, 1.165) is 0 Å². The Hall–Kier alpha value is -2.90. The van der Waals surface area contributed by atoms with Crippen molar-refractivity contribution in [2.24, 2.45) is 0 Å². The highest BCUT2D eigenvalue weighted by Gasteiger charge is 2.37. The van der Waals surface area contributed by atoms with Gasteiger partial charge < -0.3 is 0 Å². The molecule has 8 nitrogen and oxygen atoms in total. The number of carbonyl (C=O) groups is 1. The number of nitrogens with one attached hydrogen (secondary N) is 1. The average molecular weight is 405 g/mol. The number of nitriles is 1. The first-order valence-electron chi connectivity index (χ1n) is 7.83. The van der Waals surface area contributed by atoms with Crippen LogP contribution >= 0.6 is 0 Å². The third-order valence-corrected chi connectivity index (χ3v) is 7.25. The van der Waals surface area contributed by atoms with Crippen molar-refractivity contribution < 1.29 is 21.6 Å². The number of rotatable bonds is 4. The highest BCUT2D eigenvalue weighted by Crippen LogP contribution is 2.29. The summed E-state index contributed by atoms with van der Waals surface area (Å²) in [4.78, 5) is 11.8. The molecular weight excluding hydrogens is 390 g/mol. The molecule has 0 radical (unpaired) electrons. The van der Waals surface area contributed by atoms with Crippen LogP contribution in [0, 0.1) is 18.3 Å². The largest absolute Gasteiger partial charge is 0.280 e. The summed E-state index contributed by atoms with van der Waals surface area (Å²) in [5, 5.41) is 8.80. The van der Waals surface area contributed by atoms with Crippen molar-refractivity contribution in [3.63, 3.8) is 0 Å². The molecule has 0 aromatic heterocycles. The Morgan fingerprint density at radius 1 is 1.15 bits per heavy atom. The summed E-state index contributed by atoms with van der Waals surface area (Å²) in [5.74, 6) is -0.895. The molecule has 10 heteroatoms. The van der Waals surface area contributed by atoms with Crippen molar-refractivity contribution in [3.8, 4) is 6.07 Å². The highest BCUT2D eigenvalue weighted by molar-refractivity contribution is 7.94. The van der Waals surface area contributed by atoms with E-state index in [4.69, 9.17) is 5.26 Å². The SMILES string of the molecule is Cc1ccc(N2C(=O)CCS2(=O)=O)cc1S(=O)(=O)Nc1ccc(C#N)cc1. The van der Waals surface area contributed by atoms with Gasteiger partial charge in [0.05, 0.1) is 28.0 Å². The Balaban J connectivity index is 2.00. The molecule has 0 unspecified atom stereocenters. The Morgan fingerprint density at radius 3 is 2.37 bits per heavy atom. The fourth-order valence-corrected chi connectivity index (χ4v) is 5.47. The zero-order chi connectivity index (χ0) is 19.8. The summed E-state index contributed by atoms with van der Waals surface area (Å²) in [5.41, 5.74) is 1.02. The molecule has 1 amide bonds. The maximum atomic E-state index is 12.8. The first kappa shape index (κ1) is 18.9. The van der Waals surface area contributed by atoms with Gasteiger partial charge in [0.15, 0.2) is 0 Å². The van der Waals surface area contributed by atoms with Crippen LogP contribution in [-0.4, -0.2) is 28.5 Å². The van der Waals surface area contributed by atoms with Crippen molar-refractivity contribution in [1.82, 2.24) is 0 Å². The van der Waals surface area contributed by atoms with Gasteiger partial charge in [-0.15, -0.1) is 0 Å². The fourth-order valence-electron chi connectivity index (χ4n) is 2.70. The third-order valence-electron chi connectivity index (χ3n) is 4.04. The molecule has 1 fully saturated rings. The maximum absolute atomic E-state index is 12.8. The summed E-state index contributed by atoms with van der Waals surface area (Å²) in [6.45, 7) is 1.57. The first-order chi connectivity index (χ1) is 12.6. The van der Waals surface area contributed by atoms with E-state index >= 15 is 0 Å². The van der Waals surface area contributed by atoms with Crippen LogP contribution in [-0.2, 0) is 24.8 Å². The van der Waals surface area contributed by atoms with Crippen LogP contribution in [0.4, 0.5) is 11.4 Å². The van der Waals surface area contributed by atoms with Gasteiger partial charge in [0.2, 0.25) is 15.9 Å². The normalized spacial score (nSPS) is 16.1. The fraction of sp³-hybridized carbons (Fsp3) is 0.176. The molecule has 2 aromatic carbocycles. The van der Waals surface area contributed by atoms with E-state index in [9.17, 15) is 21.6 Å². The number of carbonyl (C=O) groups excluding carboxylic acids is 1. The summed E-state index contributed by atoms with van der Waals surface area (Å²) in [7, 11) is -7.83. The lowest BCUT2D eigenvalue weighted by atomic mass is 10.2. The smallest absolute Gasteiger partial charge is 0.262 e. The van der Waals surface area contributed by atoms with Crippen molar-refractivity contribution >= 4 is 37.3 Å². The van der Waals surface area contributed by atoms with Gasteiger partial charge in [-0.25, -0.2) is 21.1 Å². The van der Waals surface area contributed by atoms with E-state index in [-0.39, 0.29) is 28.4 Å². The number of benzene rings is 2. The number of nitrogens with zero attached hydrogens (tertiary/aromatic N) is 2. The minimum Gasteiger partial charge on any atom is -0.280 e. The highest BCUT2D eigenvalue weighted by atomic mass is 32.2. The number of aryl methyl sites for hydroxylation is 1. The molecule has 1 saturated heterocycles. The number of amides is 1. The summed E-state index contributed by atoms with van der Waals surface area (Å²) in [6.07, 6.45) is -0.137. The van der Waals surface area contributed by atoms with Gasteiger partial charge in [0.25, 0.3) is 10.0 Å². The van der Waals surface area contributed by atoms with Gasteiger partial charge in [-0.05, 0) is 48.9 Å². The second-order valence-electron chi connectivity index (χ2n) is 5.97. The summed E-state index contributed by atoms with van der Waals surface area (Å²) in [6, 6.07) is 11.8. The molecule has 0 atom stereocenters. The quantitative estimate of drug-likeness (QED) is 0.826. The van der Waals surface area contributed by atoms with E-state index in [1.165, 1.54) is 42.5 Å². The van der Waals surface area contributed by atoms with Crippen molar-refractivity contribution in [2.75, 3.05) is 14.8 Å². The average Bonchev–Trinajstić information content (AvgIpc) is 2.89. The van der Waals surface area contributed by atoms with E-state index in [1.54, 1.807) is 6.92 Å². The van der Waals surface area contributed by atoms with Crippen LogP contribution < -0.4 is 9.03 Å². The Kier molecular flexibility index (Phi) is 4.67. The number of sulfonamides is 2. The molecule has 0 saturated carbocycles. The second-order valence-corrected chi connectivity index (χ2v) is 9.56. The van der Waals surface area contributed by atoms with Crippen LogP contribution in [0.15, 0.2) is 47.4 Å². The molecule has 140 valence electrons. The molecule has 27 heavy (non-hydrogen) atoms. The van der Waals surface area contributed by atoms with Gasteiger partial charge in [0, 0.05) is 12.1 Å². The molecule has 2 aromatic rings. The number of hydrogen-bond acceptors (Lipinski definition) is 6. The lowest BCUT2D eigenvalue weighted by Gasteiger charge is -2.17. The van der Waals surface area contributed by atoms with Gasteiger partial charge in [0.1, 0.15) is 0 Å². The topological polar surface area (TPSA) is 124 Å². The predicted octanol–water partition coefficient (Wildman–Crippen LogP) is 1.73. The van der Waals surface area contributed by atoms with Gasteiger partial charge in [-0.1, -0.05) is 6.07 Å². The Bertz CT molecular complexity index is 1160. The van der Waals surface area contributed by atoms with Crippen LogP contribution in [0.3, 0.4) is 0 Å². The zero-order valence-electron chi connectivity index (χ0n) is 14.2. The minimum absolute atomic E-state index is 0.0108. The van der Waals surface area contributed by atoms with Gasteiger partial charge >= 0.3 is 0 Å². The molecule has 0 aliphatic carbocycles. The molecule has 0 bridgehead atoms. The predicted molar refractivity (Wildman–Crippen MR) is 99.0 cm³/mol. The van der Waals surface area contributed by atoms with Crippen molar-refractivity contribution in [2.45, 2.75) is 18.2 Å². The Labute approximate surface area is 157 Å². The Morgan fingerprint density at radius 2 is 1.81 bits per heavy atom. The molecule has 1 aliphatic rings. The standard InChI is InChI=1S/C17H15N3O5S2/c1-12-2-7-15(20-17(21)8-9-26(20,22)23)10-16(12)27(24,25)19-14-5-3-13(11-18)4-6-14/h2-7,10,19H,8-9H2,1H3. The molecule has 3 rings (SSSR count). The third kappa shape index (κ3) is 3.65. The van der Waals surface area contributed by atoms with Crippen LogP contribution in [0.25, 0.3) is 0 Å². The molecule has 1 N–H and O–H groups in total. The molecular formula is C17H15N3O5S2. The van der Waals surface area contributed by atoms with E-state index in [2.05, 4.69) is 4.72 Å². The minimum atomic E-state index is -4.04. The van der Waals surface area contributed by atoms with Crippen LogP contribution in [0.1, 0.15) is 17.5 Å². The van der Waals surface area contributed by atoms with Crippen LogP contribution in [0.2, 0.25) is 0 Å². The molecule has 1 aliphatic heterocycles. The molecule has 1 heterocycles. The number of anilines is 2. The summed E-state index contributed by atoms with van der Waals surface area (Å²) < 4.78 is 52.7. The zero-order valence-corrected chi connectivity index (χ0v) is 15.8. The van der Waals surface area contributed by atoms with Crippen molar-refractivity contribution in [3.05, 3.63) is 53.6 Å². The summed E-state index contributed by atoms with van der Waals surface area (Å²) >= 11 is 0. The van der Waals surface area contributed by atoms with Gasteiger partial charge in [-0.3, -0.25) is 9.52 Å². The van der Waals surface area contributed by atoms with E-state index in [1.807, 2.05) is 6.07 Å². The van der Waals surface area contributed by atoms with Crippen molar-refractivity contribution in [1.29, 1.82) is 5.26 Å². The van der Waals surface area contributed by atoms with E-state index < -0.39 is 26.0 Å². The van der Waals surface area contributed by atoms with Crippen LogP contribution in [0.5, 0.6) is 0 Å². The van der Waals surface area contributed by atoms with Gasteiger partial charge in [-0.2, -0.15) is 5.26 Å². The molecule has 0 spiro atoms. The maximum Gasteiger partial charge on any atom is 0.262 e. The lowest BCUT2D eigenvalue weighted by Crippen LogP contribution is -2.29. The second kappa shape index (κ2) is 6.68.